The second kappa shape index (κ2) is 7.09. The molecule has 0 aliphatic heterocycles. The van der Waals surface area contributed by atoms with Gasteiger partial charge in [0.15, 0.2) is 0 Å². The van der Waals surface area contributed by atoms with Crippen molar-refractivity contribution in [2.24, 2.45) is 50.7 Å². The number of carboxylic acids is 1. The van der Waals surface area contributed by atoms with Gasteiger partial charge < -0.3 is 15.3 Å². The zero-order valence-corrected chi connectivity index (χ0v) is 21.7. The number of fused-ring (bicyclic) bond motifs is 7. The van der Waals surface area contributed by atoms with Gasteiger partial charge in [0, 0.05) is 0 Å². The Balaban J connectivity index is 1.60. The van der Waals surface area contributed by atoms with Gasteiger partial charge in [0.1, 0.15) is 0 Å². The second-order valence-electron chi connectivity index (χ2n) is 14.2. The lowest BCUT2D eigenvalue weighted by atomic mass is 9.33. The number of hydrogen-bond donors (Lipinski definition) is 3. The fourth-order valence-electron chi connectivity index (χ4n) is 10.6. The number of aliphatic hydroxyl groups is 2. The van der Waals surface area contributed by atoms with E-state index in [-0.39, 0.29) is 27.6 Å². The predicted octanol–water partition coefficient (Wildman–Crippen LogP) is 5.81. The van der Waals surface area contributed by atoms with Crippen molar-refractivity contribution >= 4 is 5.97 Å². The molecule has 0 spiro atoms. The molecule has 0 amide bonds. The summed E-state index contributed by atoms with van der Waals surface area (Å²) in [6.45, 7) is 14.0. The number of aliphatic hydroxyl groups excluding tert-OH is 2. The van der Waals surface area contributed by atoms with Gasteiger partial charge in [-0.1, -0.05) is 53.2 Å². The van der Waals surface area contributed by atoms with Crippen molar-refractivity contribution in [3.05, 3.63) is 11.6 Å². The number of allylic oxidation sites excluding steroid dienone is 2. The van der Waals surface area contributed by atoms with Crippen LogP contribution in [0.4, 0.5) is 0 Å². The van der Waals surface area contributed by atoms with Crippen molar-refractivity contribution in [2.45, 2.75) is 112 Å². The third-order valence-electron chi connectivity index (χ3n) is 12.7. The molecule has 3 N–H and O–H groups in total. The van der Waals surface area contributed by atoms with Crippen molar-refractivity contribution in [3.8, 4) is 0 Å². The zero-order chi connectivity index (χ0) is 24.2. The number of aliphatic carboxylic acids is 1. The Bertz CT molecular complexity index is 877. The third-order valence-corrected chi connectivity index (χ3v) is 12.7. The molecule has 5 aliphatic carbocycles. The Morgan fingerprint density at radius 2 is 1.67 bits per heavy atom. The number of carbonyl (C=O) groups is 1. The Morgan fingerprint density at radius 3 is 2.33 bits per heavy atom. The lowest BCUT2D eigenvalue weighted by Gasteiger charge is -2.71. The smallest absolute Gasteiger partial charge is 0.310 e. The molecule has 186 valence electrons. The van der Waals surface area contributed by atoms with Gasteiger partial charge >= 0.3 is 5.97 Å². The van der Waals surface area contributed by atoms with E-state index in [2.05, 4.69) is 47.6 Å². The Kier molecular flexibility index (Phi) is 5.13. The van der Waals surface area contributed by atoms with Crippen LogP contribution in [0.3, 0.4) is 0 Å². The molecule has 33 heavy (non-hydrogen) atoms. The monoisotopic (exact) mass is 458 g/mol. The molecule has 0 heterocycles. The lowest BCUT2D eigenvalue weighted by molar-refractivity contribution is -0.231. The standard InChI is InChI=1S/C29H46O4/c1-17-9-12-29(24(32)33)14-13-27(5)18(19(29)15-17)7-8-22-26(4)16-20(30)23(31)25(2,3)21(26)10-11-28(22,27)6/h7,17,19-23,30-31H,8-16H2,1-6H3,(H,32,33)/t17-,19-,20-,21-,22-,23-,26+,27-,28-,29+/m1/s1. The molecule has 4 heteroatoms. The number of rotatable bonds is 1. The van der Waals surface area contributed by atoms with Crippen molar-refractivity contribution in [1.29, 1.82) is 0 Å². The van der Waals surface area contributed by atoms with E-state index < -0.39 is 23.6 Å². The van der Waals surface area contributed by atoms with Crippen molar-refractivity contribution in [1.82, 2.24) is 0 Å². The molecular weight excluding hydrogens is 412 g/mol. The van der Waals surface area contributed by atoms with Gasteiger partial charge in [0.05, 0.1) is 17.6 Å². The maximum absolute atomic E-state index is 12.7. The highest BCUT2D eigenvalue weighted by atomic mass is 16.4. The van der Waals surface area contributed by atoms with E-state index >= 15 is 0 Å². The van der Waals surface area contributed by atoms with Crippen molar-refractivity contribution < 1.29 is 20.1 Å². The van der Waals surface area contributed by atoms with Gasteiger partial charge in [-0.05, 0) is 103 Å². The molecule has 0 saturated heterocycles. The summed E-state index contributed by atoms with van der Waals surface area (Å²) >= 11 is 0. The van der Waals surface area contributed by atoms with Crippen LogP contribution in [0.5, 0.6) is 0 Å². The highest BCUT2D eigenvalue weighted by Crippen LogP contribution is 2.75. The molecule has 10 atom stereocenters. The van der Waals surface area contributed by atoms with E-state index in [1.807, 2.05) is 0 Å². The van der Waals surface area contributed by atoms with Crippen LogP contribution >= 0.6 is 0 Å². The highest BCUT2D eigenvalue weighted by molar-refractivity contribution is 5.76. The first-order valence-electron chi connectivity index (χ1n) is 13.5. The topological polar surface area (TPSA) is 77.8 Å². The second-order valence-corrected chi connectivity index (χ2v) is 14.2. The van der Waals surface area contributed by atoms with Gasteiger partial charge in [0.25, 0.3) is 0 Å². The number of carboxylic acid groups (broad SMARTS) is 1. The minimum Gasteiger partial charge on any atom is -0.481 e. The summed E-state index contributed by atoms with van der Waals surface area (Å²) in [5.74, 6) is 1.00. The first kappa shape index (κ1) is 23.9. The molecule has 0 unspecified atom stereocenters. The van der Waals surface area contributed by atoms with Crippen LogP contribution in [0.15, 0.2) is 11.6 Å². The fourth-order valence-corrected chi connectivity index (χ4v) is 10.6. The van der Waals surface area contributed by atoms with Crippen LogP contribution in [-0.4, -0.2) is 33.5 Å². The SMILES string of the molecule is C[C@@H]1CC[C@]2(C(=O)O)CC[C@]3(C)C(=CC[C@@H]4[C@@]5(C)C[C@@H](O)[C@@H](O)C(C)(C)[C@H]5CC[C@]43C)[C@H]2C1. The molecule has 0 aromatic rings. The van der Waals surface area contributed by atoms with E-state index in [1.54, 1.807) is 0 Å². The Morgan fingerprint density at radius 1 is 0.970 bits per heavy atom. The summed E-state index contributed by atoms with van der Waals surface area (Å²) in [6.07, 6.45) is 9.59. The molecular formula is C29H46O4. The summed E-state index contributed by atoms with van der Waals surface area (Å²) in [5, 5.41) is 32.2. The van der Waals surface area contributed by atoms with Crippen LogP contribution in [0.25, 0.3) is 0 Å². The summed E-state index contributed by atoms with van der Waals surface area (Å²) in [4.78, 5) is 12.7. The summed E-state index contributed by atoms with van der Waals surface area (Å²) in [5.41, 5.74) is 0.653. The molecule has 0 aromatic heterocycles. The average molecular weight is 459 g/mol. The quantitative estimate of drug-likeness (QED) is 0.433. The number of hydrogen-bond acceptors (Lipinski definition) is 3. The van der Waals surface area contributed by atoms with E-state index in [0.29, 0.717) is 24.2 Å². The Labute approximate surface area is 200 Å². The van der Waals surface area contributed by atoms with Crippen LogP contribution in [0.2, 0.25) is 0 Å². The minimum absolute atomic E-state index is 0.00965. The summed E-state index contributed by atoms with van der Waals surface area (Å²) in [7, 11) is 0. The van der Waals surface area contributed by atoms with Gasteiger partial charge in [-0.2, -0.15) is 0 Å². The van der Waals surface area contributed by atoms with E-state index in [0.717, 1.165) is 51.4 Å². The Hall–Kier alpha value is -0.870. The van der Waals surface area contributed by atoms with E-state index in [1.165, 1.54) is 5.57 Å². The highest BCUT2D eigenvalue weighted by Gasteiger charge is 2.69. The third kappa shape index (κ3) is 2.80. The first-order chi connectivity index (χ1) is 15.2. The van der Waals surface area contributed by atoms with E-state index in [4.69, 9.17) is 0 Å². The van der Waals surface area contributed by atoms with Gasteiger partial charge in [0.2, 0.25) is 0 Å². The summed E-state index contributed by atoms with van der Waals surface area (Å²) in [6, 6.07) is 0. The maximum Gasteiger partial charge on any atom is 0.310 e. The largest absolute Gasteiger partial charge is 0.481 e. The molecule has 0 bridgehead atoms. The van der Waals surface area contributed by atoms with Crippen LogP contribution in [0, 0.1) is 50.7 Å². The van der Waals surface area contributed by atoms with Crippen LogP contribution in [-0.2, 0) is 4.79 Å². The predicted molar refractivity (Wildman–Crippen MR) is 129 cm³/mol. The van der Waals surface area contributed by atoms with Crippen LogP contribution in [0.1, 0.15) is 99.3 Å². The van der Waals surface area contributed by atoms with Crippen molar-refractivity contribution in [2.75, 3.05) is 0 Å². The lowest BCUT2D eigenvalue weighted by Crippen LogP contribution is -2.67. The summed E-state index contributed by atoms with van der Waals surface area (Å²) < 4.78 is 0. The maximum atomic E-state index is 12.7. The average Bonchev–Trinajstić information content (AvgIpc) is 2.72. The van der Waals surface area contributed by atoms with Gasteiger partial charge in [-0.3, -0.25) is 4.79 Å². The molecule has 4 fully saturated rings. The first-order valence-corrected chi connectivity index (χ1v) is 13.5. The van der Waals surface area contributed by atoms with Gasteiger partial charge in [-0.15, -0.1) is 0 Å². The molecule has 5 aliphatic rings. The molecule has 5 rings (SSSR count). The fraction of sp³-hybridized carbons (Fsp3) is 0.897. The van der Waals surface area contributed by atoms with Crippen molar-refractivity contribution in [3.63, 3.8) is 0 Å². The molecule has 4 saturated carbocycles. The molecule has 0 aromatic carbocycles. The van der Waals surface area contributed by atoms with Crippen LogP contribution < -0.4 is 0 Å². The van der Waals surface area contributed by atoms with E-state index in [9.17, 15) is 20.1 Å². The zero-order valence-electron chi connectivity index (χ0n) is 21.7. The molecule has 0 radical (unpaired) electrons. The normalized spacial score (nSPS) is 55.3. The van der Waals surface area contributed by atoms with Gasteiger partial charge in [-0.25, -0.2) is 0 Å². The molecule has 4 nitrogen and oxygen atoms in total. The minimum atomic E-state index is -0.674.